The molecule has 4 N–H and O–H groups in total. The molecule has 0 bridgehead atoms. The van der Waals surface area contributed by atoms with Gasteiger partial charge in [0.1, 0.15) is 5.66 Å². The van der Waals surface area contributed by atoms with E-state index in [2.05, 4.69) is 30.9 Å². The first kappa shape index (κ1) is 17.9. The maximum absolute atomic E-state index is 13.0. The lowest BCUT2D eigenvalue weighted by molar-refractivity contribution is -0.100. The molecule has 1 aliphatic heterocycles. The predicted molar refractivity (Wildman–Crippen MR) is 89.0 cm³/mol. The number of nitrogens with two attached hydrogens (primary N) is 1. The normalized spacial score (nSPS) is 20.2. The van der Waals surface area contributed by atoms with Crippen molar-refractivity contribution in [1.29, 1.82) is 0 Å². The molecule has 0 spiro atoms. The van der Waals surface area contributed by atoms with E-state index in [1.807, 2.05) is 6.07 Å². The summed E-state index contributed by atoms with van der Waals surface area (Å²) >= 11 is 0. The van der Waals surface area contributed by atoms with Crippen LogP contribution < -0.4 is 16.4 Å². The number of aryl methyl sites for hydroxylation is 1. The Labute approximate surface area is 147 Å². The molecule has 138 valence electrons. The van der Waals surface area contributed by atoms with Crippen molar-refractivity contribution >= 4 is 11.6 Å². The summed E-state index contributed by atoms with van der Waals surface area (Å²) < 4.78 is 40.5. The average molecular weight is 366 g/mol. The van der Waals surface area contributed by atoms with E-state index in [0.717, 1.165) is 11.9 Å². The van der Waals surface area contributed by atoms with Crippen LogP contribution in [0.5, 0.6) is 0 Å². The first-order chi connectivity index (χ1) is 12.1. The molecule has 0 aliphatic carbocycles. The van der Waals surface area contributed by atoms with Crippen LogP contribution in [0.2, 0.25) is 0 Å². The average Bonchev–Trinajstić information content (AvgIpc) is 2.85. The van der Waals surface area contributed by atoms with Gasteiger partial charge in [0, 0.05) is 18.6 Å². The van der Waals surface area contributed by atoms with Crippen LogP contribution in [-0.4, -0.2) is 37.8 Å². The minimum absolute atomic E-state index is 0.102. The number of anilines is 1. The minimum atomic E-state index is -4.57. The quantitative estimate of drug-likeness (QED) is 0.761. The van der Waals surface area contributed by atoms with Gasteiger partial charge in [-0.2, -0.15) is 28.5 Å². The highest BCUT2D eigenvalue weighted by Gasteiger charge is 2.45. The second-order valence-electron chi connectivity index (χ2n) is 5.97. The Kier molecular flexibility index (Phi) is 4.40. The maximum Gasteiger partial charge on any atom is 0.417 e. The molecule has 3 rings (SSSR count). The van der Waals surface area contributed by atoms with E-state index in [0.29, 0.717) is 17.9 Å². The van der Waals surface area contributed by atoms with E-state index in [4.69, 9.17) is 5.73 Å². The van der Waals surface area contributed by atoms with Gasteiger partial charge < -0.3 is 16.4 Å². The van der Waals surface area contributed by atoms with Crippen molar-refractivity contribution in [2.75, 3.05) is 5.32 Å². The molecule has 0 radical (unpaired) electrons. The summed E-state index contributed by atoms with van der Waals surface area (Å²) in [6.45, 7) is 3.36. The molecule has 11 heteroatoms. The van der Waals surface area contributed by atoms with Crippen LogP contribution in [-0.2, 0) is 6.54 Å². The molecule has 1 atom stereocenters. The molecular weight excluding hydrogens is 349 g/mol. The van der Waals surface area contributed by atoms with E-state index in [-0.39, 0.29) is 5.96 Å². The van der Waals surface area contributed by atoms with Crippen LogP contribution in [0.15, 0.2) is 41.3 Å². The van der Waals surface area contributed by atoms with Crippen molar-refractivity contribution in [3.8, 4) is 0 Å². The highest BCUT2D eigenvalue weighted by molar-refractivity contribution is 5.95. The summed E-state index contributed by atoms with van der Waals surface area (Å²) in [4.78, 5) is 3.92. The van der Waals surface area contributed by atoms with E-state index < -0.39 is 17.4 Å². The Balaban J connectivity index is 1.75. The van der Waals surface area contributed by atoms with Crippen LogP contribution in [0.25, 0.3) is 0 Å². The molecule has 0 fully saturated rings. The summed E-state index contributed by atoms with van der Waals surface area (Å²) in [7, 11) is 0. The summed E-state index contributed by atoms with van der Waals surface area (Å²) in [5.41, 5.74) is 4.81. The summed E-state index contributed by atoms with van der Waals surface area (Å²) in [5, 5.41) is 17.5. The molecule has 0 saturated heterocycles. The van der Waals surface area contributed by atoms with Gasteiger partial charge in [-0.25, -0.2) is 4.99 Å². The highest BCUT2D eigenvalue weighted by Crippen LogP contribution is 2.34. The maximum atomic E-state index is 13.0. The molecule has 2 aromatic rings. The number of rotatable bonds is 3. The van der Waals surface area contributed by atoms with Gasteiger partial charge >= 0.3 is 6.18 Å². The molecule has 8 nitrogen and oxygen atoms in total. The summed E-state index contributed by atoms with van der Waals surface area (Å²) in [6.07, 6.45) is -0.479. The van der Waals surface area contributed by atoms with Crippen LogP contribution in [0.1, 0.15) is 18.3 Å². The standard InChI is InChI=1S/C15H17F3N8/c1-9-11(8-26(25-9)7-10-4-3-5-21-24-10)22-13-20-6-12(15(16,17)18)14(2,19)23-13/h3-6,8H,7,19H2,1-2H3,(H2,20,22,23). The Morgan fingerprint density at radius 3 is 2.77 bits per heavy atom. The molecule has 2 aromatic heterocycles. The first-order valence-electron chi connectivity index (χ1n) is 7.66. The van der Waals surface area contributed by atoms with Crippen molar-refractivity contribution in [3.63, 3.8) is 0 Å². The van der Waals surface area contributed by atoms with Gasteiger partial charge in [0.25, 0.3) is 0 Å². The third-order valence-corrected chi connectivity index (χ3v) is 3.70. The number of halogens is 3. The van der Waals surface area contributed by atoms with Crippen molar-refractivity contribution < 1.29 is 13.2 Å². The number of nitrogens with one attached hydrogen (secondary N) is 2. The number of alkyl halides is 3. The van der Waals surface area contributed by atoms with Crippen LogP contribution >= 0.6 is 0 Å². The number of guanidine groups is 1. The number of nitrogens with zero attached hydrogens (tertiary/aromatic N) is 5. The van der Waals surface area contributed by atoms with Crippen LogP contribution in [0.3, 0.4) is 0 Å². The largest absolute Gasteiger partial charge is 0.417 e. The Morgan fingerprint density at radius 2 is 2.15 bits per heavy atom. The van der Waals surface area contributed by atoms with Crippen molar-refractivity contribution in [3.05, 3.63) is 47.7 Å². The third-order valence-electron chi connectivity index (χ3n) is 3.70. The molecule has 0 amide bonds. The van der Waals surface area contributed by atoms with Gasteiger partial charge in [0.05, 0.1) is 29.2 Å². The van der Waals surface area contributed by atoms with Gasteiger partial charge in [-0.05, 0) is 26.0 Å². The topological polar surface area (TPSA) is 106 Å². The molecule has 1 unspecified atom stereocenters. The van der Waals surface area contributed by atoms with Crippen molar-refractivity contribution in [2.45, 2.75) is 32.2 Å². The molecule has 0 aromatic carbocycles. The zero-order chi connectivity index (χ0) is 18.9. The van der Waals surface area contributed by atoms with E-state index in [1.54, 1.807) is 30.1 Å². The SMILES string of the molecule is Cc1nn(Cc2cccnn2)cc1NC1=NC(C)(N)C(C(F)(F)F)=CN1. The summed E-state index contributed by atoms with van der Waals surface area (Å²) in [5.74, 6) is 0.102. The van der Waals surface area contributed by atoms with Crippen LogP contribution in [0.4, 0.5) is 18.9 Å². The van der Waals surface area contributed by atoms with Gasteiger partial charge in [0.15, 0.2) is 0 Å². The predicted octanol–water partition coefficient (Wildman–Crippen LogP) is 1.52. The van der Waals surface area contributed by atoms with Crippen molar-refractivity contribution in [1.82, 2.24) is 25.3 Å². The fourth-order valence-corrected chi connectivity index (χ4v) is 2.48. The zero-order valence-corrected chi connectivity index (χ0v) is 14.0. The molecule has 3 heterocycles. The molecule has 26 heavy (non-hydrogen) atoms. The van der Waals surface area contributed by atoms with Crippen LogP contribution in [0, 0.1) is 6.92 Å². The molecular formula is C15H17F3N8. The Bertz CT molecular complexity index is 852. The van der Waals surface area contributed by atoms with E-state index >= 15 is 0 Å². The van der Waals surface area contributed by atoms with Gasteiger partial charge in [0.2, 0.25) is 5.96 Å². The fraction of sp³-hybridized carbons (Fsp3) is 0.333. The lowest BCUT2D eigenvalue weighted by Gasteiger charge is -2.30. The van der Waals surface area contributed by atoms with Gasteiger partial charge in [-0.15, -0.1) is 0 Å². The molecule has 0 saturated carbocycles. The summed E-state index contributed by atoms with van der Waals surface area (Å²) in [6, 6.07) is 3.58. The third kappa shape index (κ3) is 3.82. The zero-order valence-electron chi connectivity index (χ0n) is 14.0. The van der Waals surface area contributed by atoms with Crippen molar-refractivity contribution in [2.24, 2.45) is 10.7 Å². The minimum Gasteiger partial charge on any atom is -0.332 e. The van der Waals surface area contributed by atoms with E-state index in [9.17, 15) is 13.2 Å². The number of hydrogen-bond donors (Lipinski definition) is 3. The Hall–Kier alpha value is -2.95. The lowest BCUT2D eigenvalue weighted by Crippen LogP contribution is -2.49. The fourth-order valence-electron chi connectivity index (χ4n) is 2.48. The highest BCUT2D eigenvalue weighted by atomic mass is 19.4. The monoisotopic (exact) mass is 366 g/mol. The van der Waals surface area contributed by atoms with Gasteiger partial charge in [-0.1, -0.05) is 0 Å². The number of aliphatic imine (C=N–C) groups is 1. The lowest BCUT2D eigenvalue weighted by atomic mass is 10.0. The Morgan fingerprint density at radius 1 is 1.38 bits per heavy atom. The molecule has 1 aliphatic rings. The second kappa shape index (κ2) is 6.41. The second-order valence-corrected chi connectivity index (χ2v) is 5.97. The first-order valence-corrected chi connectivity index (χ1v) is 7.66. The van der Waals surface area contributed by atoms with Gasteiger partial charge in [-0.3, -0.25) is 4.68 Å². The van der Waals surface area contributed by atoms with E-state index in [1.165, 1.54) is 6.92 Å². The smallest absolute Gasteiger partial charge is 0.332 e. The number of hydrogen-bond acceptors (Lipinski definition) is 7. The number of aromatic nitrogens is 4.